The van der Waals surface area contributed by atoms with E-state index >= 15 is 0 Å². The third-order valence-corrected chi connectivity index (χ3v) is 8.00. The van der Waals surface area contributed by atoms with Gasteiger partial charge in [-0.15, -0.1) is 0 Å². The van der Waals surface area contributed by atoms with Crippen LogP contribution in [0.25, 0.3) is 0 Å². The number of rotatable bonds is 13. The summed E-state index contributed by atoms with van der Waals surface area (Å²) in [6, 6.07) is 17.3. The maximum atomic E-state index is 14.1. The van der Waals surface area contributed by atoms with Crippen molar-refractivity contribution in [3.63, 3.8) is 0 Å². The topological polar surface area (TPSA) is 96.0 Å². The highest BCUT2D eigenvalue weighted by Gasteiger charge is 2.36. The summed E-state index contributed by atoms with van der Waals surface area (Å²) in [6.45, 7) is 1.23. The van der Waals surface area contributed by atoms with Crippen LogP contribution in [0.1, 0.15) is 30.0 Å². The van der Waals surface area contributed by atoms with Crippen LogP contribution >= 0.6 is 11.6 Å². The zero-order chi connectivity index (χ0) is 31.8. The first kappa shape index (κ1) is 33.7. The predicted molar refractivity (Wildman–Crippen MR) is 159 cm³/mol. The number of ether oxygens (including phenoxy) is 1. The number of benzene rings is 3. The lowest BCUT2D eigenvalue weighted by Gasteiger charge is -2.33. The average Bonchev–Trinajstić information content (AvgIpc) is 2.96. The number of sulfonamides is 1. The highest BCUT2D eigenvalue weighted by Crippen LogP contribution is 2.37. The molecular formula is C30H33ClF3N3O5S. The predicted octanol–water partition coefficient (Wildman–Crippen LogP) is 5.30. The van der Waals surface area contributed by atoms with Gasteiger partial charge in [0.05, 0.1) is 29.6 Å². The zero-order valence-electron chi connectivity index (χ0n) is 23.9. The van der Waals surface area contributed by atoms with Crippen molar-refractivity contribution >= 4 is 39.1 Å². The van der Waals surface area contributed by atoms with Crippen LogP contribution in [-0.4, -0.2) is 57.6 Å². The van der Waals surface area contributed by atoms with Crippen LogP contribution in [0.5, 0.6) is 5.75 Å². The highest BCUT2D eigenvalue weighted by molar-refractivity contribution is 7.92. The van der Waals surface area contributed by atoms with E-state index in [-0.39, 0.29) is 13.0 Å². The molecular weight excluding hydrogens is 607 g/mol. The molecule has 1 N–H and O–H groups in total. The van der Waals surface area contributed by atoms with Crippen molar-refractivity contribution in [3.8, 4) is 5.75 Å². The van der Waals surface area contributed by atoms with Crippen LogP contribution in [0.3, 0.4) is 0 Å². The minimum absolute atomic E-state index is 0.101. The third-order valence-electron chi connectivity index (χ3n) is 6.53. The lowest BCUT2D eigenvalue weighted by atomic mass is 10.0. The van der Waals surface area contributed by atoms with Gasteiger partial charge < -0.3 is 15.0 Å². The molecule has 0 aliphatic carbocycles. The second-order valence-electron chi connectivity index (χ2n) is 9.80. The molecule has 43 heavy (non-hydrogen) atoms. The normalized spacial score (nSPS) is 12.3. The molecule has 8 nitrogen and oxygen atoms in total. The summed E-state index contributed by atoms with van der Waals surface area (Å²) in [4.78, 5) is 28.8. The van der Waals surface area contributed by atoms with E-state index < -0.39 is 56.9 Å². The monoisotopic (exact) mass is 639 g/mol. The first-order chi connectivity index (χ1) is 20.2. The van der Waals surface area contributed by atoms with Gasteiger partial charge >= 0.3 is 6.18 Å². The van der Waals surface area contributed by atoms with Crippen LogP contribution in [-0.2, 0) is 38.8 Å². The molecule has 3 aromatic carbocycles. The summed E-state index contributed by atoms with van der Waals surface area (Å²) in [7, 11) is -2.79. The van der Waals surface area contributed by atoms with Gasteiger partial charge in [-0.3, -0.25) is 13.9 Å². The van der Waals surface area contributed by atoms with Gasteiger partial charge in [-0.25, -0.2) is 8.42 Å². The zero-order valence-corrected chi connectivity index (χ0v) is 25.5. The number of hydrogen-bond acceptors (Lipinski definition) is 5. The Morgan fingerprint density at radius 3 is 2.28 bits per heavy atom. The number of halogens is 4. The second-order valence-corrected chi connectivity index (χ2v) is 12.1. The third kappa shape index (κ3) is 9.36. The Hall–Kier alpha value is -3.77. The maximum absolute atomic E-state index is 14.1. The first-order valence-corrected chi connectivity index (χ1v) is 15.6. The van der Waals surface area contributed by atoms with E-state index in [1.807, 2.05) is 6.92 Å². The number of carbonyl (C=O) groups excluding carboxylic acids is 2. The number of carbonyl (C=O) groups is 2. The molecule has 0 aliphatic heterocycles. The largest absolute Gasteiger partial charge is 0.497 e. The SMILES string of the molecule is CCCNC(=O)[C@@H](Cc1ccccc1)N(Cc1cccc(OC)c1)C(=O)CN(c1ccc(Cl)c(C(F)(F)F)c1)S(C)(=O)=O. The van der Waals surface area contributed by atoms with Gasteiger partial charge in [0, 0.05) is 19.5 Å². The second kappa shape index (κ2) is 14.6. The molecule has 0 spiro atoms. The van der Waals surface area contributed by atoms with Crippen molar-refractivity contribution in [1.82, 2.24) is 10.2 Å². The molecule has 0 fully saturated rings. The highest BCUT2D eigenvalue weighted by atomic mass is 35.5. The lowest BCUT2D eigenvalue weighted by molar-refractivity contribution is -0.140. The van der Waals surface area contributed by atoms with Gasteiger partial charge in [0.15, 0.2) is 0 Å². The minimum atomic E-state index is -4.86. The quantitative estimate of drug-likeness (QED) is 0.274. The molecule has 0 bridgehead atoms. The van der Waals surface area contributed by atoms with Crippen molar-refractivity contribution in [2.24, 2.45) is 0 Å². The van der Waals surface area contributed by atoms with Gasteiger partial charge in [0.25, 0.3) is 0 Å². The number of methoxy groups -OCH3 is 1. The van der Waals surface area contributed by atoms with Crippen LogP contribution < -0.4 is 14.4 Å². The molecule has 0 aromatic heterocycles. The van der Waals surface area contributed by atoms with E-state index in [0.29, 0.717) is 34.7 Å². The molecule has 0 heterocycles. The number of amides is 2. The smallest absolute Gasteiger partial charge is 0.417 e. The van der Waals surface area contributed by atoms with Crippen LogP contribution in [0, 0.1) is 0 Å². The van der Waals surface area contributed by atoms with E-state index in [1.54, 1.807) is 54.6 Å². The summed E-state index contributed by atoms with van der Waals surface area (Å²) in [5.41, 5.74) is -0.313. The fourth-order valence-electron chi connectivity index (χ4n) is 4.39. The number of hydrogen-bond donors (Lipinski definition) is 1. The van der Waals surface area contributed by atoms with Gasteiger partial charge in [-0.1, -0.05) is 61.0 Å². The molecule has 2 amide bonds. The fraction of sp³-hybridized carbons (Fsp3) is 0.333. The molecule has 3 aromatic rings. The lowest BCUT2D eigenvalue weighted by Crippen LogP contribution is -2.53. The summed E-state index contributed by atoms with van der Waals surface area (Å²) in [5, 5.41) is 2.19. The number of nitrogens with one attached hydrogen (secondary N) is 1. The van der Waals surface area contributed by atoms with Crippen molar-refractivity contribution in [1.29, 1.82) is 0 Å². The molecule has 13 heteroatoms. The molecule has 0 radical (unpaired) electrons. The van der Waals surface area contributed by atoms with Crippen molar-refractivity contribution in [3.05, 3.63) is 94.5 Å². The van der Waals surface area contributed by atoms with Gasteiger partial charge in [0.1, 0.15) is 18.3 Å². The summed E-state index contributed by atoms with van der Waals surface area (Å²) in [6.07, 6.45) is -3.35. The first-order valence-electron chi connectivity index (χ1n) is 13.3. The Bertz CT molecular complexity index is 1520. The van der Waals surface area contributed by atoms with Crippen molar-refractivity contribution < 1.29 is 35.9 Å². The maximum Gasteiger partial charge on any atom is 0.417 e. The molecule has 232 valence electrons. The van der Waals surface area contributed by atoms with Crippen LogP contribution in [0.2, 0.25) is 5.02 Å². The van der Waals surface area contributed by atoms with Crippen LogP contribution in [0.15, 0.2) is 72.8 Å². The summed E-state index contributed by atoms with van der Waals surface area (Å²) in [5.74, 6) is -0.762. The summed E-state index contributed by atoms with van der Waals surface area (Å²) >= 11 is 5.75. The Kier molecular flexibility index (Phi) is 11.5. The Balaban J connectivity index is 2.10. The Labute approximate surface area is 254 Å². The Morgan fingerprint density at radius 2 is 1.67 bits per heavy atom. The van der Waals surface area contributed by atoms with E-state index in [1.165, 1.54) is 12.0 Å². The van der Waals surface area contributed by atoms with Gasteiger partial charge in [0.2, 0.25) is 21.8 Å². The fourth-order valence-corrected chi connectivity index (χ4v) is 5.45. The number of nitrogens with zero attached hydrogens (tertiary/aromatic N) is 2. The standard InChI is InChI=1S/C30H33ClF3N3O5S/c1-4-15-35-29(39)27(17-21-9-6-5-7-10-21)36(19-22-11-8-12-24(16-22)42-2)28(38)20-37(43(3,40)41)23-13-14-26(31)25(18-23)30(32,33)34/h5-14,16,18,27H,4,15,17,19-20H2,1-3H3,(H,35,39)/t27-/m1/s1. The van der Waals surface area contributed by atoms with Crippen LogP contribution in [0.4, 0.5) is 18.9 Å². The Morgan fingerprint density at radius 1 is 1.00 bits per heavy atom. The minimum Gasteiger partial charge on any atom is -0.497 e. The molecule has 0 aliphatic rings. The van der Waals surface area contributed by atoms with Gasteiger partial charge in [-0.05, 0) is 47.9 Å². The van der Waals surface area contributed by atoms with Gasteiger partial charge in [-0.2, -0.15) is 13.2 Å². The average molecular weight is 640 g/mol. The van der Waals surface area contributed by atoms with E-state index in [0.717, 1.165) is 24.0 Å². The molecule has 0 unspecified atom stereocenters. The van der Waals surface area contributed by atoms with E-state index in [2.05, 4.69) is 5.32 Å². The molecule has 0 saturated heterocycles. The number of alkyl halides is 3. The molecule has 0 saturated carbocycles. The van der Waals surface area contributed by atoms with E-state index in [4.69, 9.17) is 16.3 Å². The van der Waals surface area contributed by atoms with Crippen molar-refractivity contribution in [2.45, 2.75) is 38.5 Å². The van der Waals surface area contributed by atoms with E-state index in [9.17, 15) is 31.2 Å². The number of anilines is 1. The summed E-state index contributed by atoms with van der Waals surface area (Å²) < 4.78 is 72.4. The molecule has 1 atom stereocenters. The molecule has 3 rings (SSSR count). The van der Waals surface area contributed by atoms with Crippen molar-refractivity contribution in [2.75, 3.05) is 30.8 Å².